The molecule has 0 fully saturated rings. The lowest BCUT2D eigenvalue weighted by atomic mass is 9.97. The van der Waals surface area contributed by atoms with E-state index < -0.39 is 53.3 Å². The maximum Gasteiger partial charge on any atom is 0.406 e. The molecule has 14 heteroatoms. The zero-order valence-corrected chi connectivity index (χ0v) is 21.7. The Hall–Kier alpha value is -5.27. The van der Waals surface area contributed by atoms with E-state index in [0.29, 0.717) is 20.9 Å². The number of hydrogen-bond acceptors (Lipinski definition) is 5. The van der Waals surface area contributed by atoms with Gasteiger partial charge in [0.05, 0.1) is 28.6 Å². The van der Waals surface area contributed by atoms with Gasteiger partial charge in [-0.05, 0) is 23.1 Å². The van der Waals surface area contributed by atoms with E-state index in [-0.39, 0.29) is 23.1 Å². The topological polar surface area (TPSA) is 128 Å². The largest absolute Gasteiger partial charge is 0.480 e. The molecule has 0 saturated heterocycles. The molecule has 2 N–H and O–H groups in total. The van der Waals surface area contributed by atoms with Crippen LogP contribution in [0.3, 0.4) is 0 Å². The second-order valence-electron chi connectivity index (χ2n) is 9.55. The molecule has 0 spiro atoms. The minimum atomic E-state index is -4.58. The number of fused-ring (bicyclic) bond motifs is 2. The minimum Gasteiger partial charge on any atom is -0.480 e. The molecule has 0 aliphatic heterocycles. The number of aryl methyl sites for hydroxylation is 1. The zero-order valence-electron chi connectivity index (χ0n) is 21.7. The van der Waals surface area contributed by atoms with Crippen molar-refractivity contribution in [1.29, 1.82) is 0 Å². The fraction of sp³-hybridized carbons (Fsp3) is 0.179. The molecule has 216 valence electrons. The van der Waals surface area contributed by atoms with E-state index in [4.69, 9.17) is 0 Å². The number of carboxylic acids is 1. The third-order valence-electron chi connectivity index (χ3n) is 6.72. The van der Waals surface area contributed by atoms with Crippen molar-refractivity contribution in [3.05, 3.63) is 105 Å². The van der Waals surface area contributed by atoms with Gasteiger partial charge in [0.1, 0.15) is 18.4 Å². The Morgan fingerprint density at radius 3 is 2.48 bits per heavy atom. The molecule has 2 heterocycles. The lowest BCUT2D eigenvalue weighted by Gasteiger charge is -2.17. The second-order valence-corrected chi connectivity index (χ2v) is 9.55. The molecule has 5 aromatic rings. The van der Waals surface area contributed by atoms with Crippen LogP contribution in [-0.2, 0) is 24.8 Å². The number of halogens is 4. The first-order valence-corrected chi connectivity index (χ1v) is 12.4. The summed E-state index contributed by atoms with van der Waals surface area (Å²) in [6.45, 7) is -1.41. The van der Waals surface area contributed by atoms with Gasteiger partial charge < -0.3 is 19.6 Å². The third-order valence-corrected chi connectivity index (χ3v) is 6.72. The summed E-state index contributed by atoms with van der Waals surface area (Å²) in [5.74, 6) is -3.69. The van der Waals surface area contributed by atoms with E-state index in [1.165, 1.54) is 23.9 Å². The molecular weight excluding hydrogens is 562 g/mol. The number of carbonyl (C=O) groups excluding carboxylic acids is 1. The summed E-state index contributed by atoms with van der Waals surface area (Å²) in [7, 11) is 1.49. The average molecular weight is 583 g/mol. The lowest BCUT2D eigenvalue weighted by molar-refractivity contribution is -0.140. The van der Waals surface area contributed by atoms with Crippen LogP contribution in [0, 0.1) is 5.82 Å². The quantitative estimate of drug-likeness (QED) is 0.284. The molecule has 1 amide bonds. The third kappa shape index (κ3) is 5.38. The molecule has 0 aliphatic carbocycles. The van der Waals surface area contributed by atoms with Gasteiger partial charge in [-0.25, -0.2) is 23.5 Å². The molecule has 0 saturated carbocycles. The number of nitrogens with one attached hydrogen (secondary N) is 1. The number of benzene rings is 3. The van der Waals surface area contributed by atoms with Crippen molar-refractivity contribution < 1.29 is 32.3 Å². The van der Waals surface area contributed by atoms with Gasteiger partial charge in [0.15, 0.2) is 0 Å². The van der Waals surface area contributed by atoms with Crippen LogP contribution < -0.4 is 16.6 Å². The molecule has 3 aromatic carbocycles. The van der Waals surface area contributed by atoms with E-state index in [1.54, 1.807) is 36.4 Å². The predicted octanol–water partition coefficient (Wildman–Crippen LogP) is 3.17. The normalized spacial score (nSPS) is 12.5. The van der Waals surface area contributed by atoms with E-state index in [1.807, 2.05) is 0 Å². The maximum atomic E-state index is 14.9. The summed E-state index contributed by atoms with van der Waals surface area (Å²) in [5.41, 5.74) is -1.28. The Balaban J connectivity index is 1.47. The maximum absolute atomic E-state index is 14.9. The first kappa shape index (κ1) is 28.3. The highest BCUT2D eigenvalue weighted by Crippen LogP contribution is 2.26. The predicted molar refractivity (Wildman–Crippen MR) is 143 cm³/mol. The highest BCUT2D eigenvalue weighted by atomic mass is 19.4. The van der Waals surface area contributed by atoms with Gasteiger partial charge in [0, 0.05) is 37.2 Å². The fourth-order valence-corrected chi connectivity index (χ4v) is 4.75. The Kier molecular flexibility index (Phi) is 7.14. The van der Waals surface area contributed by atoms with Gasteiger partial charge in [-0.2, -0.15) is 13.2 Å². The number of imidazole rings is 1. The number of amides is 1. The van der Waals surface area contributed by atoms with E-state index in [9.17, 15) is 41.8 Å². The highest BCUT2D eigenvalue weighted by molar-refractivity contribution is 6.00. The second kappa shape index (κ2) is 10.6. The summed E-state index contributed by atoms with van der Waals surface area (Å²) in [6, 6.07) is 11.1. The molecule has 42 heavy (non-hydrogen) atoms. The summed E-state index contributed by atoms with van der Waals surface area (Å²) >= 11 is 0. The number of nitrogens with zero attached hydrogens (tertiary/aromatic N) is 4. The molecule has 0 aliphatic rings. The van der Waals surface area contributed by atoms with E-state index >= 15 is 0 Å². The van der Waals surface area contributed by atoms with Crippen LogP contribution in [0.25, 0.3) is 27.5 Å². The van der Waals surface area contributed by atoms with E-state index in [2.05, 4.69) is 10.3 Å². The average Bonchev–Trinajstić information content (AvgIpc) is 3.30. The van der Waals surface area contributed by atoms with Crippen LogP contribution in [0.2, 0.25) is 0 Å². The first-order valence-electron chi connectivity index (χ1n) is 12.4. The van der Waals surface area contributed by atoms with Crippen molar-refractivity contribution in [2.45, 2.75) is 25.2 Å². The van der Waals surface area contributed by atoms with Crippen LogP contribution in [0.15, 0.2) is 76.7 Å². The molecule has 10 nitrogen and oxygen atoms in total. The Bertz CT molecular complexity index is 1990. The molecule has 5 rings (SSSR count). The van der Waals surface area contributed by atoms with E-state index in [0.717, 1.165) is 23.0 Å². The highest BCUT2D eigenvalue weighted by Gasteiger charge is 2.29. The number of rotatable bonds is 7. The van der Waals surface area contributed by atoms with Gasteiger partial charge >= 0.3 is 17.8 Å². The van der Waals surface area contributed by atoms with Crippen molar-refractivity contribution >= 4 is 33.7 Å². The minimum absolute atomic E-state index is 0.0819. The summed E-state index contributed by atoms with van der Waals surface area (Å²) in [4.78, 5) is 54.2. The molecule has 1 atom stereocenters. The molecule has 0 unspecified atom stereocenters. The Labute approximate surface area is 233 Å². The summed E-state index contributed by atoms with van der Waals surface area (Å²) < 4.78 is 56.2. The Morgan fingerprint density at radius 2 is 1.76 bits per heavy atom. The molecule has 2 aromatic heterocycles. The van der Waals surface area contributed by atoms with Crippen LogP contribution in [0.4, 0.5) is 17.6 Å². The standard InChI is InChI=1S/C28H21F4N5O5/c1-35-9-8-24(38)37(27(35)42)22-7-3-5-16-15(4-2-6-17(16)22)10-21(26(40)41)34-25(39)18-11-20-23(12-19(18)29)36(14-33-20)13-28(30,31)32/h2-9,11-12,14,21H,10,13H2,1H3,(H,34,39)(H,40,41)/t21-/m0/s1. The van der Waals surface area contributed by atoms with Crippen LogP contribution in [0.5, 0.6) is 0 Å². The Morgan fingerprint density at radius 1 is 1.05 bits per heavy atom. The number of aliphatic carboxylic acids is 1. The van der Waals surface area contributed by atoms with Gasteiger partial charge in [-0.1, -0.05) is 30.3 Å². The SMILES string of the molecule is Cn1ccc(=O)n(-c2cccc3c(C[C@H](NC(=O)c4cc5ncn(CC(F)(F)F)c5cc4F)C(=O)O)cccc23)c1=O. The van der Waals surface area contributed by atoms with Crippen LogP contribution in [-0.4, -0.2) is 47.9 Å². The number of hydrogen-bond donors (Lipinski definition) is 2. The van der Waals surface area contributed by atoms with Crippen molar-refractivity contribution in [2.75, 3.05) is 0 Å². The lowest BCUT2D eigenvalue weighted by Crippen LogP contribution is -2.42. The van der Waals surface area contributed by atoms with Crippen molar-refractivity contribution in [2.24, 2.45) is 7.05 Å². The fourth-order valence-electron chi connectivity index (χ4n) is 4.75. The zero-order chi connectivity index (χ0) is 30.3. The number of carboxylic acid groups (broad SMARTS) is 1. The van der Waals surface area contributed by atoms with Crippen molar-refractivity contribution in [3.63, 3.8) is 0 Å². The van der Waals surface area contributed by atoms with Gasteiger partial charge in [0.25, 0.3) is 11.5 Å². The van der Waals surface area contributed by atoms with Gasteiger partial charge in [-0.3, -0.25) is 9.59 Å². The monoisotopic (exact) mass is 583 g/mol. The van der Waals surface area contributed by atoms with Crippen molar-refractivity contribution in [1.82, 2.24) is 24.0 Å². The van der Waals surface area contributed by atoms with Crippen LogP contribution in [0.1, 0.15) is 15.9 Å². The number of carbonyl (C=O) groups is 2. The molecule has 0 radical (unpaired) electrons. The van der Waals surface area contributed by atoms with Crippen molar-refractivity contribution in [3.8, 4) is 5.69 Å². The number of alkyl halides is 3. The van der Waals surface area contributed by atoms with Crippen LogP contribution >= 0.6 is 0 Å². The van der Waals surface area contributed by atoms with Gasteiger partial charge in [0.2, 0.25) is 0 Å². The summed E-state index contributed by atoms with van der Waals surface area (Å²) in [6.07, 6.45) is -2.63. The first-order chi connectivity index (χ1) is 19.8. The van der Waals surface area contributed by atoms with Gasteiger partial charge in [-0.15, -0.1) is 0 Å². The number of aromatic nitrogens is 4. The summed E-state index contributed by atoms with van der Waals surface area (Å²) in [5, 5.41) is 13.1. The molecule has 0 bridgehead atoms. The molecular formula is C28H21F4N5O5. The smallest absolute Gasteiger partial charge is 0.406 e.